The zero-order valence-corrected chi connectivity index (χ0v) is 11.0. The van der Waals surface area contributed by atoms with E-state index in [1.54, 1.807) is 19.3 Å². The lowest BCUT2D eigenvalue weighted by Crippen LogP contribution is -2.15. The first-order chi connectivity index (χ1) is 7.69. The molecular formula is C10H12IN3O2. The summed E-state index contributed by atoms with van der Waals surface area (Å²) < 4.78 is 5.50. The summed E-state index contributed by atoms with van der Waals surface area (Å²) in [6.07, 6.45) is 3.16. The van der Waals surface area contributed by atoms with Crippen molar-refractivity contribution >= 4 is 34.4 Å². The maximum Gasteiger partial charge on any atom is 0.354 e. The van der Waals surface area contributed by atoms with Crippen molar-refractivity contribution in [2.45, 2.75) is 11.4 Å². The second-order valence-corrected chi connectivity index (χ2v) is 3.57. The van der Waals surface area contributed by atoms with Gasteiger partial charge < -0.3 is 10.1 Å². The number of nitrogens with zero attached hydrogens (tertiary/aromatic N) is 2. The summed E-state index contributed by atoms with van der Waals surface area (Å²) in [7, 11) is 0. The monoisotopic (exact) mass is 333 g/mol. The summed E-state index contributed by atoms with van der Waals surface area (Å²) in [5.41, 5.74) is 0.932. The molecule has 0 amide bonds. The topological polar surface area (TPSA) is 64.1 Å². The number of hydrogen-bond acceptors (Lipinski definition) is 5. The van der Waals surface area contributed by atoms with Crippen molar-refractivity contribution in [3.05, 3.63) is 30.4 Å². The summed E-state index contributed by atoms with van der Waals surface area (Å²) in [5.74, 6) is 0.0579. The van der Waals surface area contributed by atoms with Crippen molar-refractivity contribution in [3.63, 3.8) is 0 Å². The first-order valence-corrected chi connectivity index (χ1v) is 6.20. The van der Waals surface area contributed by atoms with Crippen LogP contribution in [0, 0.1) is 0 Å². The van der Waals surface area contributed by atoms with Crippen LogP contribution in [0.5, 0.6) is 0 Å². The van der Waals surface area contributed by atoms with Gasteiger partial charge in [0.2, 0.25) is 0 Å². The number of carbonyl (C=O) groups excluding carboxylic acids is 1. The number of nitrogens with one attached hydrogen (secondary N) is 1. The van der Waals surface area contributed by atoms with Gasteiger partial charge in [0.15, 0.2) is 5.82 Å². The summed E-state index contributed by atoms with van der Waals surface area (Å²) in [6.45, 7) is 5.65. The maximum atomic E-state index is 11.3. The van der Waals surface area contributed by atoms with E-state index in [4.69, 9.17) is 4.74 Å². The van der Waals surface area contributed by atoms with Gasteiger partial charge in [0.05, 0.1) is 12.3 Å². The molecule has 0 atom stereocenters. The molecule has 0 radical (unpaired) electrons. The average Bonchev–Trinajstić information content (AvgIpc) is 2.30. The predicted octanol–water partition coefficient (Wildman–Crippen LogP) is 1.90. The number of aromatic nitrogens is 2. The second kappa shape index (κ2) is 6.41. The summed E-state index contributed by atoms with van der Waals surface area (Å²) in [6, 6.07) is 0. The van der Waals surface area contributed by atoms with Crippen molar-refractivity contribution in [2.24, 2.45) is 0 Å². The Labute approximate surface area is 107 Å². The molecule has 0 spiro atoms. The van der Waals surface area contributed by atoms with Crippen LogP contribution in [-0.4, -0.2) is 22.5 Å². The van der Waals surface area contributed by atoms with Crippen LogP contribution in [0.15, 0.2) is 24.7 Å². The van der Waals surface area contributed by atoms with Crippen LogP contribution in [0.4, 0.5) is 5.82 Å². The molecule has 1 aromatic heterocycles. The zero-order valence-electron chi connectivity index (χ0n) is 8.86. The lowest BCUT2D eigenvalue weighted by Gasteiger charge is -2.09. The molecule has 1 heterocycles. The molecule has 1 rings (SSSR count). The minimum atomic E-state index is -0.479. The summed E-state index contributed by atoms with van der Waals surface area (Å²) in [4.78, 5) is 19.5. The first kappa shape index (κ1) is 12.9. The van der Waals surface area contributed by atoms with E-state index in [2.05, 4.69) is 44.5 Å². The summed E-state index contributed by atoms with van der Waals surface area (Å²) in [5, 5.41) is 2.80. The fourth-order valence-electron chi connectivity index (χ4n) is 0.981. The molecule has 0 aliphatic heterocycles. The van der Waals surface area contributed by atoms with Crippen molar-refractivity contribution in [1.82, 2.24) is 9.97 Å². The highest BCUT2D eigenvalue weighted by Gasteiger charge is 2.11. The Morgan fingerprint density at radius 3 is 2.88 bits per heavy atom. The second-order valence-electron chi connectivity index (χ2n) is 2.81. The van der Waals surface area contributed by atoms with E-state index in [-0.39, 0.29) is 5.70 Å². The number of carbonyl (C=O) groups is 1. The Balaban J connectivity index is 2.73. The molecule has 0 unspecified atom stereocenters. The third-order valence-corrected chi connectivity index (χ3v) is 2.41. The van der Waals surface area contributed by atoms with Crippen molar-refractivity contribution in [1.29, 1.82) is 0 Å². The molecule has 1 aromatic rings. The highest BCUT2D eigenvalue weighted by Crippen LogP contribution is 2.14. The van der Waals surface area contributed by atoms with Gasteiger partial charge >= 0.3 is 5.97 Å². The summed E-state index contributed by atoms with van der Waals surface area (Å²) >= 11 is 2.17. The first-order valence-electron chi connectivity index (χ1n) is 4.68. The zero-order chi connectivity index (χ0) is 12.0. The molecule has 16 heavy (non-hydrogen) atoms. The molecule has 1 N–H and O–H groups in total. The molecule has 0 aliphatic carbocycles. The van der Waals surface area contributed by atoms with Crippen LogP contribution >= 0.6 is 22.6 Å². The average molecular weight is 333 g/mol. The maximum absolute atomic E-state index is 11.3. The number of anilines is 1. The Morgan fingerprint density at radius 1 is 1.56 bits per heavy atom. The Morgan fingerprint density at radius 2 is 2.25 bits per heavy atom. The molecule has 0 saturated carbocycles. The van der Waals surface area contributed by atoms with Crippen LogP contribution in [0.2, 0.25) is 0 Å². The van der Waals surface area contributed by atoms with E-state index >= 15 is 0 Å². The quantitative estimate of drug-likeness (QED) is 0.386. The minimum Gasteiger partial charge on any atom is -0.461 e. The van der Waals surface area contributed by atoms with Gasteiger partial charge in [-0.2, -0.15) is 0 Å². The highest BCUT2D eigenvalue weighted by molar-refractivity contribution is 14.1. The van der Waals surface area contributed by atoms with Gasteiger partial charge in [0.25, 0.3) is 0 Å². The predicted molar refractivity (Wildman–Crippen MR) is 69.2 cm³/mol. The van der Waals surface area contributed by atoms with Gasteiger partial charge in [0.1, 0.15) is 5.70 Å². The largest absolute Gasteiger partial charge is 0.461 e. The SMILES string of the molecule is C=C(Nc1nccnc1CI)C(=O)OCC. The van der Waals surface area contributed by atoms with Crippen LogP contribution in [0.3, 0.4) is 0 Å². The standard InChI is InChI=1S/C10H12IN3O2/c1-3-16-10(15)7(2)14-9-8(6-11)12-4-5-13-9/h4-5H,2-3,6H2,1H3,(H,13,14). The minimum absolute atomic E-state index is 0.161. The smallest absolute Gasteiger partial charge is 0.354 e. The fraction of sp³-hybridized carbons (Fsp3) is 0.300. The Bertz CT molecular complexity index is 395. The third-order valence-electron chi connectivity index (χ3n) is 1.69. The fourth-order valence-corrected chi connectivity index (χ4v) is 1.54. The van der Waals surface area contributed by atoms with Gasteiger partial charge in [-0.15, -0.1) is 0 Å². The molecule has 5 nitrogen and oxygen atoms in total. The lowest BCUT2D eigenvalue weighted by molar-refractivity contribution is -0.138. The van der Waals surface area contributed by atoms with E-state index in [1.165, 1.54) is 0 Å². The van der Waals surface area contributed by atoms with E-state index < -0.39 is 5.97 Å². The molecule has 6 heteroatoms. The number of halogens is 1. The highest BCUT2D eigenvalue weighted by atomic mass is 127. The van der Waals surface area contributed by atoms with Gasteiger partial charge in [-0.25, -0.2) is 9.78 Å². The molecule has 0 bridgehead atoms. The van der Waals surface area contributed by atoms with Gasteiger partial charge in [-0.3, -0.25) is 4.98 Å². The van der Waals surface area contributed by atoms with E-state index in [0.717, 1.165) is 5.69 Å². The number of rotatable bonds is 5. The van der Waals surface area contributed by atoms with Crippen molar-refractivity contribution < 1.29 is 9.53 Å². The molecule has 0 aromatic carbocycles. The molecule has 86 valence electrons. The van der Waals surface area contributed by atoms with E-state index in [1.807, 2.05) is 0 Å². The van der Waals surface area contributed by atoms with Crippen molar-refractivity contribution in [2.75, 3.05) is 11.9 Å². The van der Waals surface area contributed by atoms with Crippen LogP contribution in [0.25, 0.3) is 0 Å². The number of alkyl halides is 1. The lowest BCUT2D eigenvalue weighted by atomic mass is 10.4. The van der Waals surface area contributed by atoms with E-state index in [9.17, 15) is 4.79 Å². The van der Waals surface area contributed by atoms with E-state index in [0.29, 0.717) is 16.9 Å². The van der Waals surface area contributed by atoms with Crippen molar-refractivity contribution in [3.8, 4) is 0 Å². The van der Waals surface area contributed by atoms with Gasteiger partial charge in [0, 0.05) is 16.8 Å². The van der Waals surface area contributed by atoms with Crippen LogP contribution < -0.4 is 5.32 Å². The van der Waals surface area contributed by atoms with Gasteiger partial charge in [-0.1, -0.05) is 29.2 Å². The molecule has 0 fully saturated rings. The Kier molecular flexibility index (Phi) is 5.17. The number of ether oxygens (including phenoxy) is 1. The van der Waals surface area contributed by atoms with Gasteiger partial charge in [-0.05, 0) is 6.92 Å². The third kappa shape index (κ3) is 3.44. The van der Waals surface area contributed by atoms with Crippen LogP contribution in [-0.2, 0) is 14.0 Å². The van der Waals surface area contributed by atoms with Crippen LogP contribution in [0.1, 0.15) is 12.6 Å². The molecule has 0 aliphatic rings. The normalized spacial score (nSPS) is 9.62. The number of esters is 1. The molecule has 0 saturated heterocycles. The Hall–Kier alpha value is -1.18. The molecular weight excluding hydrogens is 321 g/mol. The number of hydrogen-bond donors (Lipinski definition) is 1.